The highest BCUT2D eigenvalue weighted by Gasteiger charge is 2.27. The van der Waals surface area contributed by atoms with E-state index in [-0.39, 0.29) is 12.5 Å². The van der Waals surface area contributed by atoms with Crippen molar-refractivity contribution in [1.29, 1.82) is 0 Å². The number of methoxy groups -OCH3 is 1. The summed E-state index contributed by atoms with van der Waals surface area (Å²) < 4.78 is 15.8. The first-order valence-corrected chi connectivity index (χ1v) is 9.37. The molecule has 0 bridgehead atoms. The van der Waals surface area contributed by atoms with Gasteiger partial charge in [0.15, 0.2) is 0 Å². The third-order valence-corrected chi connectivity index (χ3v) is 5.03. The third-order valence-electron chi connectivity index (χ3n) is 4.13. The minimum Gasteiger partial charge on any atom is -0.497 e. The fourth-order valence-corrected chi connectivity index (χ4v) is 3.78. The Morgan fingerprint density at radius 3 is 2.69 bits per heavy atom. The number of carbonyl (C=O) groups is 2. The van der Waals surface area contributed by atoms with Crippen LogP contribution < -0.4 is 10.1 Å². The van der Waals surface area contributed by atoms with E-state index in [1.54, 1.807) is 14.0 Å². The van der Waals surface area contributed by atoms with Crippen LogP contribution in [-0.2, 0) is 14.3 Å². The molecule has 0 spiro atoms. The Kier molecular flexibility index (Phi) is 5.90. The molecule has 7 heteroatoms. The molecule has 138 valence electrons. The minimum atomic E-state index is -0.461. The van der Waals surface area contributed by atoms with Crippen LogP contribution in [0.3, 0.4) is 0 Å². The molecule has 1 aliphatic rings. The number of thiophene rings is 1. The summed E-state index contributed by atoms with van der Waals surface area (Å²) in [6.45, 7) is 2.60. The average Bonchev–Trinajstić information content (AvgIpc) is 3.32. The zero-order valence-electron chi connectivity index (χ0n) is 14.7. The van der Waals surface area contributed by atoms with Gasteiger partial charge in [-0.05, 0) is 37.5 Å². The number of hydrogen-bond donors (Lipinski definition) is 1. The van der Waals surface area contributed by atoms with Crippen molar-refractivity contribution in [3.63, 3.8) is 0 Å². The van der Waals surface area contributed by atoms with Gasteiger partial charge in [-0.3, -0.25) is 4.79 Å². The summed E-state index contributed by atoms with van der Waals surface area (Å²) in [7, 11) is 1.60. The molecule has 1 fully saturated rings. The molecule has 2 aromatic rings. The van der Waals surface area contributed by atoms with E-state index in [1.165, 1.54) is 11.3 Å². The van der Waals surface area contributed by atoms with E-state index < -0.39 is 12.1 Å². The fraction of sp³-hybridized carbons (Fsp3) is 0.368. The highest BCUT2D eigenvalue weighted by atomic mass is 32.1. The van der Waals surface area contributed by atoms with Crippen molar-refractivity contribution in [2.24, 2.45) is 0 Å². The Morgan fingerprint density at radius 2 is 2.08 bits per heavy atom. The molecular formula is C19H21NO5S. The molecule has 3 rings (SSSR count). The largest absolute Gasteiger partial charge is 0.497 e. The average molecular weight is 375 g/mol. The smallest absolute Gasteiger partial charge is 0.341 e. The minimum absolute atomic E-state index is 0.226. The Morgan fingerprint density at radius 1 is 1.31 bits per heavy atom. The summed E-state index contributed by atoms with van der Waals surface area (Å²) in [5.74, 6) is 0.0481. The SMILES string of the molecule is CCOC(=O)c1c(-c2ccc(OC)cc2)csc1NC(=O)[C@H]1CCCO1. The summed E-state index contributed by atoms with van der Waals surface area (Å²) in [5, 5.41) is 5.16. The summed E-state index contributed by atoms with van der Waals surface area (Å²) in [5.41, 5.74) is 1.94. The van der Waals surface area contributed by atoms with E-state index in [4.69, 9.17) is 14.2 Å². The zero-order chi connectivity index (χ0) is 18.5. The van der Waals surface area contributed by atoms with Crippen molar-refractivity contribution in [3.05, 3.63) is 35.2 Å². The standard InChI is InChI=1S/C19H21NO5S/c1-3-24-19(22)16-14(12-6-8-13(23-2)9-7-12)11-26-18(16)20-17(21)15-5-4-10-25-15/h6-9,11,15H,3-5,10H2,1-2H3,(H,20,21)/t15-/m1/s1. The van der Waals surface area contributed by atoms with Gasteiger partial charge in [-0.1, -0.05) is 12.1 Å². The van der Waals surface area contributed by atoms with Crippen molar-refractivity contribution < 1.29 is 23.8 Å². The molecule has 0 radical (unpaired) electrons. The summed E-state index contributed by atoms with van der Waals surface area (Å²) >= 11 is 1.30. The predicted octanol–water partition coefficient (Wildman–Crippen LogP) is 3.72. The molecule has 26 heavy (non-hydrogen) atoms. The van der Waals surface area contributed by atoms with Crippen molar-refractivity contribution in [2.45, 2.75) is 25.9 Å². The van der Waals surface area contributed by atoms with Crippen LogP contribution in [0.4, 0.5) is 5.00 Å². The number of ether oxygens (including phenoxy) is 3. The zero-order valence-corrected chi connectivity index (χ0v) is 15.6. The highest BCUT2D eigenvalue weighted by molar-refractivity contribution is 7.15. The molecule has 1 N–H and O–H groups in total. The highest BCUT2D eigenvalue weighted by Crippen LogP contribution is 2.37. The lowest BCUT2D eigenvalue weighted by molar-refractivity contribution is -0.124. The molecule has 1 aliphatic heterocycles. The second-order valence-corrected chi connectivity index (χ2v) is 6.67. The Bertz CT molecular complexity index is 778. The predicted molar refractivity (Wildman–Crippen MR) is 99.9 cm³/mol. The van der Waals surface area contributed by atoms with Gasteiger partial charge in [0.25, 0.3) is 5.91 Å². The Labute approximate surface area is 156 Å². The molecule has 0 unspecified atom stereocenters. The maximum absolute atomic E-state index is 12.5. The van der Waals surface area contributed by atoms with Crippen LogP contribution in [0.5, 0.6) is 5.75 Å². The molecule has 1 aromatic heterocycles. The van der Waals surface area contributed by atoms with Crippen LogP contribution in [0.15, 0.2) is 29.6 Å². The molecule has 6 nitrogen and oxygen atoms in total. The lowest BCUT2D eigenvalue weighted by Gasteiger charge is -2.11. The van der Waals surface area contributed by atoms with E-state index in [0.29, 0.717) is 23.6 Å². The number of nitrogens with one attached hydrogen (secondary N) is 1. The topological polar surface area (TPSA) is 73.9 Å². The molecule has 0 aliphatic carbocycles. The first-order chi connectivity index (χ1) is 12.6. The number of carbonyl (C=O) groups excluding carboxylic acids is 2. The van der Waals surface area contributed by atoms with Gasteiger partial charge >= 0.3 is 5.97 Å². The number of hydrogen-bond acceptors (Lipinski definition) is 6. The molecule has 1 amide bonds. The quantitative estimate of drug-likeness (QED) is 0.779. The van der Waals surface area contributed by atoms with Gasteiger partial charge in [0.1, 0.15) is 22.4 Å². The van der Waals surface area contributed by atoms with Crippen LogP contribution in [0.1, 0.15) is 30.1 Å². The second-order valence-electron chi connectivity index (χ2n) is 5.79. The molecule has 1 aromatic carbocycles. The Hall–Kier alpha value is -2.38. The van der Waals surface area contributed by atoms with Crippen LogP contribution >= 0.6 is 11.3 Å². The molecule has 0 saturated carbocycles. The van der Waals surface area contributed by atoms with E-state index in [0.717, 1.165) is 23.3 Å². The summed E-state index contributed by atoms with van der Waals surface area (Å²) in [6, 6.07) is 7.39. The third kappa shape index (κ3) is 3.89. The van der Waals surface area contributed by atoms with Gasteiger partial charge in [-0.25, -0.2) is 4.79 Å². The molecule has 1 atom stereocenters. The normalized spacial score (nSPS) is 16.3. The van der Waals surface area contributed by atoms with Gasteiger partial charge in [-0.2, -0.15) is 0 Å². The van der Waals surface area contributed by atoms with Crippen molar-refractivity contribution in [2.75, 3.05) is 25.6 Å². The van der Waals surface area contributed by atoms with Crippen LogP contribution in [0.2, 0.25) is 0 Å². The second kappa shape index (κ2) is 8.33. The lowest BCUT2D eigenvalue weighted by atomic mass is 10.0. The first kappa shape index (κ1) is 18.4. The van der Waals surface area contributed by atoms with E-state index in [1.807, 2.05) is 29.6 Å². The van der Waals surface area contributed by atoms with Crippen LogP contribution in [-0.4, -0.2) is 38.3 Å². The fourth-order valence-electron chi connectivity index (χ4n) is 2.82. The van der Waals surface area contributed by atoms with Gasteiger partial charge in [0.2, 0.25) is 0 Å². The first-order valence-electron chi connectivity index (χ1n) is 8.49. The van der Waals surface area contributed by atoms with Gasteiger partial charge in [0, 0.05) is 17.6 Å². The number of benzene rings is 1. The van der Waals surface area contributed by atoms with Gasteiger partial charge in [-0.15, -0.1) is 11.3 Å². The summed E-state index contributed by atoms with van der Waals surface area (Å²) in [6.07, 6.45) is 1.10. The lowest BCUT2D eigenvalue weighted by Crippen LogP contribution is -2.27. The number of rotatable bonds is 6. The number of amides is 1. The van der Waals surface area contributed by atoms with Crippen LogP contribution in [0, 0.1) is 0 Å². The van der Waals surface area contributed by atoms with E-state index >= 15 is 0 Å². The van der Waals surface area contributed by atoms with Crippen molar-refractivity contribution >= 4 is 28.2 Å². The van der Waals surface area contributed by atoms with Crippen molar-refractivity contribution in [3.8, 4) is 16.9 Å². The molecular weight excluding hydrogens is 354 g/mol. The maximum atomic E-state index is 12.5. The monoisotopic (exact) mass is 375 g/mol. The van der Waals surface area contributed by atoms with E-state index in [2.05, 4.69) is 5.32 Å². The Balaban J connectivity index is 1.92. The van der Waals surface area contributed by atoms with Gasteiger partial charge < -0.3 is 19.5 Å². The van der Waals surface area contributed by atoms with Crippen LogP contribution in [0.25, 0.3) is 11.1 Å². The van der Waals surface area contributed by atoms with E-state index in [9.17, 15) is 9.59 Å². The maximum Gasteiger partial charge on any atom is 0.341 e. The molecule has 2 heterocycles. The number of anilines is 1. The number of esters is 1. The summed E-state index contributed by atoms with van der Waals surface area (Å²) in [4.78, 5) is 24.9. The molecule has 1 saturated heterocycles. The van der Waals surface area contributed by atoms with Gasteiger partial charge in [0.05, 0.1) is 13.7 Å². The van der Waals surface area contributed by atoms with Crippen molar-refractivity contribution in [1.82, 2.24) is 0 Å².